The van der Waals surface area contributed by atoms with Crippen molar-refractivity contribution in [2.45, 2.75) is 25.4 Å². The van der Waals surface area contributed by atoms with Crippen LogP contribution in [0, 0.1) is 13.8 Å². The van der Waals surface area contributed by atoms with E-state index in [0.29, 0.717) is 12.3 Å². The van der Waals surface area contributed by atoms with Crippen LogP contribution in [0.2, 0.25) is 0 Å². The standard InChI is InChI=1S/C22H18N4OS3/c1-12-6-13(2)15-8-16-19-20(30-21(16)26-17(15)7-12)22(25-11-24-19)29-10-18(27)23-9-14-4-3-5-28-14/h3-8,11H,9-10H2,1-2H3,(H,23,27). The Morgan fingerprint density at radius 3 is 2.90 bits per heavy atom. The molecule has 0 spiro atoms. The number of nitrogens with one attached hydrogen (secondary N) is 1. The molecule has 8 heteroatoms. The summed E-state index contributed by atoms with van der Waals surface area (Å²) >= 11 is 4.67. The number of hydrogen-bond acceptors (Lipinski definition) is 7. The van der Waals surface area contributed by atoms with Crippen molar-refractivity contribution in [2.75, 3.05) is 5.75 Å². The van der Waals surface area contributed by atoms with Crippen LogP contribution in [-0.2, 0) is 11.3 Å². The Balaban J connectivity index is 1.45. The molecule has 0 fully saturated rings. The number of fused-ring (bicyclic) bond motifs is 4. The van der Waals surface area contributed by atoms with Crippen molar-refractivity contribution < 1.29 is 4.79 Å². The Bertz CT molecular complexity index is 1390. The summed E-state index contributed by atoms with van der Waals surface area (Å²) in [7, 11) is 0. The molecule has 0 bridgehead atoms. The van der Waals surface area contributed by atoms with Crippen LogP contribution in [0.1, 0.15) is 16.0 Å². The molecule has 1 N–H and O–H groups in total. The lowest BCUT2D eigenvalue weighted by molar-refractivity contribution is -0.118. The van der Waals surface area contributed by atoms with Gasteiger partial charge in [0.2, 0.25) is 5.91 Å². The van der Waals surface area contributed by atoms with Gasteiger partial charge in [-0.05, 0) is 48.6 Å². The first-order valence-electron chi connectivity index (χ1n) is 9.45. The van der Waals surface area contributed by atoms with Crippen LogP contribution in [0.15, 0.2) is 47.1 Å². The van der Waals surface area contributed by atoms with E-state index in [1.165, 1.54) is 22.9 Å². The lowest BCUT2D eigenvalue weighted by Gasteiger charge is -2.04. The number of carbonyl (C=O) groups is 1. The Labute approximate surface area is 185 Å². The van der Waals surface area contributed by atoms with Gasteiger partial charge < -0.3 is 5.32 Å². The van der Waals surface area contributed by atoms with Crippen molar-refractivity contribution in [3.05, 3.63) is 58.0 Å². The molecule has 0 saturated heterocycles. The lowest BCUT2D eigenvalue weighted by atomic mass is 10.1. The molecule has 0 aliphatic carbocycles. The zero-order valence-electron chi connectivity index (χ0n) is 16.4. The van der Waals surface area contributed by atoms with Gasteiger partial charge in [-0.15, -0.1) is 22.7 Å². The first kappa shape index (κ1) is 19.4. The molecule has 4 heterocycles. The summed E-state index contributed by atoms with van der Waals surface area (Å²) < 4.78 is 0.987. The van der Waals surface area contributed by atoms with Crippen LogP contribution < -0.4 is 5.32 Å². The van der Waals surface area contributed by atoms with Crippen LogP contribution in [-0.4, -0.2) is 26.6 Å². The molecule has 4 aromatic heterocycles. The smallest absolute Gasteiger partial charge is 0.230 e. The van der Waals surface area contributed by atoms with Crippen molar-refractivity contribution in [3.63, 3.8) is 0 Å². The fourth-order valence-electron chi connectivity index (χ4n) is 3.48. The highest BCUT2D eigenvalue weighted by Gasteiger charge is 2.15. The van der Waals surface area contributed by atoms with Crippen molar-refractivity contribution in [3.8, 4) is 0 Å². The number of amides is 1. The molecule has 5 rings (SSSR count). The minimum Gasteiger partial charge on any atom is -0.350 e. The van der Waals surface area contributed by atoms with Crippen molar-refractivity contribution in [1.82, 2.24) is 20.3 Å². The molecule has 1 amide bonds. The molecule has 0 radical (unpaired) electrons. The summed E-state index contributed by atoms with van der Waals surface area (Å²) in [6, 6.07) is 10.5. The quantitative estimate of drug-likeness (QED) is 0.284. The minimum absolute atomic E-state index is 0.00348. The number of thiophene rings is 2. The predicted octanol–water partition coefficient (Wildman–Crippen LogP) is 5.48. The molecule has 0 aliphatic heterocycles. The van der Waals surface area contributed by atoms with Gasteiger partial charge in [-0.3, -0.25) is 4.79 Å². The lowest BCUT2D eigenvalue weighted by Crippen LogP contribution is -2.24. The average Bonchev–Trinajstić information content (AvgIpc) is 3.37. The molecular weight excluding hydrogens is 432 g/mol. The molecule has 30 heavy (non-hydrogen) atoms. The minimum atomic E-state index is -0.00348. The van der Waals surface area contributed by atoms with E-state index in [9.17, 15) is 4.79 Å². The molecule has 0 saturated carbocycles. The fraction of sp³-hybridized carbons (Fsp3) is 0.182. The maximum absolute atomic E-state index is 12.3. The maximum atomic E-state index is 12.3. The number of aromatic nitrogens is 3. The Morgan fingerprint density at radius 2 is 2.07 bits per heavy atom. The van der Waals surface area contributed by atoms with Gasteiger partial charge in [0.15, 0.2) is 0 Å². The van der Waals surface area contributed by atoms with Gasteiger partial charge in [0.25, 0.3) is 0 Å². The third kappa shape index (κ3) is 3.66. The van der Waals surface area contributed by atoms with Gasteiger partial charge in [-0.2, -0.15) is 0 Å². The third-order valence-electron chi connectivity index (χ3n) is 4.86. The van der Waals surface area contributed by atoms with Gasteiger partial charge in [-0.25, -0.2) is 15.0 Å². The van der Waals surface area contributed by atoms with Crippen molar-refractivity contribution >= 4 is 71.7 Å². The Hall–Kier alpha value is -2.55. The highest BCUT2D eigenvalue weighted by atomic mass is 32.2. The molecule has 150 valence electrons. The van der Waals surface area contributed by atoms with E-state index in [-0.39, 0.29) is 5.91 Å². The summed E-state index contributed by atoms with van der Waals surface area (Å²) in [6.45, 7) is 4.77. The molecule has 5 nitrogen and oxygen atoms in total. The molecule has 0 unspecified atom stereocenters. The van der Waals surface area contributed by atoms with Crippen LogP contribution in [0.3, 0.4) is 0 Å². The number of benzene rings is 1. The van der Waals surface area contributed by atoms with Crippen LogP contribution in [0.4, 0.5) is 0 Å². The van der Waals surface area contributed by atoms with E-state index in [1.54, 1.807) is 29.0 Å². The van der Waals surface area contributed by atoms with Crippen molar-refractivity contribution in [2.24, 2.45) is 0 Å². The average molecular weight is 451 g/mol. The van der Waals surface area contributed by atoms with Crippen LogP contribution in [0.5, 0.6) is 0 Å². The molecule has 0 aliphatic rings. The normalized spacial score (nSPS) is 11.5. The van der Waals surface area contributed by atoms with E-state index in [1.807, 2.05) is 17.5 Å². The van der Waals surface area contributed by atoms with E-state index < -0.39 is 0 Å². The van der Waals surface area contributed by atoms with Gasteiger partial charge in [0.1, 0.15) is 16.2 Å². The zero-order valence-corrected chi connectivity index (χ0v) is 18.9. The van der Waals surface area contributed by atoms with Gasteiger partial charge in [0, 0.05) is 15.6 Å². The summed E-state index contributed by atoms with van der Waals surface area (Å²) in [6.07, 6.45) is 1.58. The van der Waals surface area contributed by atoms with Gasteiger partial charge in [0.05, 0.1) is 28.0 Å². The van der Waals surface area contributed by atoms with E-state index in [0.717, 1.165) is 41.2 Å². The maximum Gasteiger partial charge on any atom is 0.230 e. The molecular formula is C22H18N4OS3. The number of carbonyl (C=O) groups excluding carboxylic acids is 1. The molecule has 5 aromatic rings. The van der Waals surface area contributed by atoms with E-state index in [2.05, 4.69) is 47.3 Å². The van der Waals surface area contributed by atoms with Crippen molar-refractivity contribution in [1.29, 1.82) is 0 Å². The summed E-state index contributed by atoms with van der Waals surface area (Å²) in [5.41, 5.74) is 4.32. The summed E-state index contributed by atoms with van der Waals surface area (Å²) in [5.74, 6) is 0.315. The highest BCUT2D eigenvalue weighted by molar-refractivity contribution is 8.00. The number of pyridine rings is 1. The molecule has 0 atom stereocenters. The zero-order chi connectivity index (χ0) is 20.7. The van der Waals surface area contributed by atoms with Gasteiger partial charge in [-0.1, -0.05) is 23.9 Å². The SMILES string of the molecule is Cc1cc(C)c2cc3c(nc2c1)sc1c(SCC(=O)NCc2cccs2)ncnc13. The summed E-state index contributed by atoms with van der Waals surface area (Å²) in [4.78, 5) is 28.2. The number of nitrogens with zero attached hydrogens (tertiary/aromatic N) is 3. The second-order valence-electron chi connectivity index (χ2n) is 7.09. The number of hydrogen-bond donors (Lipinski definition) is 1. The predicted molar refractivity (Wildman–Crippen MR) is 127 cm³/mol. The topological polar surface area (TPSA) is 67.8 Å². The fourth-order valence-corrected chi connectivity index (χ4v) is 6.15. The number of aryl methyl sites for hydroxylation is 2. The van der Waals surface area contributed by atoms with Gasteiger partial charge >= 0.3 is 0 Å². The second-order valence-corrected chi connectivity index (χ2v) is 10.1. The van der Waals surface area contributed by atoms with E-state index >= 15 is 0 Å². The number of rotatable bonds is 5. The Kier molecular flexibility index (Phi) is 5.14. The first-order chi connectivity index (χ1) is 14.6. The number of thioether (sulfide) groups is 1. The summed E-state index contributed by atoms with van der Waals surface area (Å²) in [5, 5.41) is 7.99. The first-order valence-corrected chi connectivity index (χ1v) is 12.1. The Morgan fingerprint density at radius 1 is 1.17 bits per heavy atom. The van der Waals surface area contributed by atoms with Crippen LogP contribution in [0.25, 0.3) is 31.3 Å². The molecule has 1 aromatic carbocycles. The second kappa shape index (κ2) is 7.94. The highest BCUT2D eigenvalue weighted by Crippen LogP contribution is 2.38. The van der Waals surface area contributed by atoms with Crippen LogP contribution >= 0.6 is 34.4 Å². The monoisotopic (exact) mass is 450 g/mol. The largest absolute Gasteiger partial charge is 0.350 e. The van der Waals surface area contributed by atoms with E-state index in [4.69, 9.17) is 4.98 Å². The third-order valence-corrected chi connectivity index (χ3v) is 7.95.